The number of hydrogen-bond donors (Lipinski definition) is 1. The fourth-order valence-corrected chi connectivity index (χ4v) is 4.84. The molecule has 2 heterocycles. The number of aliphatic hydroxyl groups is 1. The zero-order valence-electron chi connectivity index (χ0n) is 20.8. The zero-order chi connectivity index (χ0) is 24.6. The van der Waals surface area contributed by atoms with Crippen LogP contribution >= 0.6 is 0 Å². The number of benzene rings is 3. The van der Waals surface area contributed by atoms with Gasteiger partial charge in [0.1, 0.15) is 50.4 Å². The lowest BCUT2D eigenvalue weighted by molar-refractivity contribution is -0.950. The highest BCUT2D eigenvalue weighted by Crippen LogP contribution is 2.31. The predicted octanol–water partition coefficient (Wildman–Crippen LogP) is 1.05. The van der Waals surface area contributed by atoms with Crippen molar-refractivity contribution in [2.75, 3.05) is 52.7 Å². The predicted molar refractivity (Wildman–Crippen MR) is 136 cm³/mol. The van der Waals surface area contributed by atoms with Gasteiger partial charge >= 0.3 is 0 Å². The summed E-state index contributed by atoms with van der Waals surface area (Å²) in [5.74, 6) is 3.11. The van der Waals surface area contributed by atoms with Crippen molar-refractivity contribution in [3.8, 4) is 23.0 Å². The molecule has 3 aromatic rings. The molecule has 8 heteroatoms. The fourth-order valence-electron chi connectivity index (χ4n) is 4.84. The van der Waals surface area contributed by atoms with E-state index < -0.39 is 6.10 Å². The van der Waals surface area contributed by atoms with E-state index in [-0.39, 0.29) is 25.1 Å². The van der Waals surface area contributed by atoms with E-state index in [1.165, 1.54) is 5.56 Å². The first-order valence-electron chi connectivity index (χ1n) is 12.6. The molecule has 0 bridgehead atoms. The number of morpholine rings is 1. The largest absolute Gasteiger partial charge is 1.00 e. The third-order valence-electron chi connectivity index (χ3n) is 6.59. The minimum Gasteiger partial charge on any atom is -1.00 e. The van der Waals surface area contributed by atoms with Crippen LogP contribution in [0.3, 0.4) is 0 Å². The Labute approximate surface area is 224 Å². The van der Waals surface area contributed by atoms with Crippen LogP contribution < -0.4 is 26.6 Å². The first kappa shape index (κ1) is 27.2. The first-order chi connectivity index (χ1) is 17.7. The minimum absolute atomic E-state index is 0. The molecule has 7 nitrogen and oxygen atoms in total. The van der Waals surface area contributed by atoms with Crippen molar-refractivity contribution in [3.63, 3.8) is 0 Å². The van der Waals surface area contributed by atoms with Crippen LogP contribution in [-0.2, 0) is 16.0 Å². The van der Waals surface area contributed by atoms with Crippen LogP contribution in [0.5, 0.6) is 23.0 Å². The molecule has 2 atom stereocenters. The van der Waals surface area contributed by atoms with Crippen molar-refractivity contribution in [3.05, 3.63) is 84.4 Å². The van der Waals surface area contributed by atoms with Crippen molar-refractivity contribution in [2.24, 2.45) is 0 Å². The summed E-state index contributed by atoms with van der Waals surface area (Å²) in [6.45, 7) is 5.49. The molecule has 37 heavy (non-hydrogen) atoms. The summed E-state index contributed by atoms with van der Waals surface area (Å²) in [5, 5.41) is 10.9. The van der Waals surface area contributed by atoms with E-state index in [2.05, 4.69) is 12.1 Å². The number of quaternary nitrogens is 1. The van der Waals surface area contributed by atoms with Crippen molar-refractivity contribution >= 4 is 0 Å². The first-order valence-corrected chi connectivity index (χ1v) is 12.6. The van der Waals surface area contributed by atoms with Gasteiger partial charge in [-0.05, 0) is 36.4 Å². The molecule has 0 aliphatic carbocycles. The van der Waals surface area contributed by atoms with Gasteiger partial charge in [-0.15, -0.1) is 0 Å². The second-order valence-corrected chi connectivity index (χ2v) is 9.49. The number of nitrogens with zero attached hydrogens (tertiary/aromatic N) is 1. The molecular weight excluding hydrogens is 494 g/mol. The van der Waals surface area contributed by atoms with Gasteiger partial charge in [0.2, 0.25) is 0 Å². The average Bonchev–Trinajstić information content (AvgIpc) is 2.90. The highest BCUT2D eigenvalue weighted by Gasteiger charge is 2.33. The van der Waals surface area contributed by atoms with E-state index in [4.69, 9.17) is 23.7 Å². The molecule has 2 aliphatic rings. The number of ether oxygens (including phenoxy) is 5. The van der Waals surface area contributed by atoms with E-state index in [0.29, 0.717) is 33.0 Å². The normalized spacial score (nSPS) is 18.9. The molecule has 1 N–H and O–H groups in total. The summed E-state index contributed by atoms with van der Waals surface area (Å²) in [5.41, 5.74) is 1.17. The van der Waals surface area contributed by atoms with Gasteiger partial charge in [-0.25, -0.2) is 0 Å². The number of halogens is 1. The minimum atomic E-state index is -0.594. The Bertz CT molecular complexity index is 1110. The quantitative estimate of drug-likeness (QED) is 0.398. The Hall–Kier alpha value is -2.81. The topological polar surface area (TPSA) is 66.4 Å². The Morgan fingerprint density at radius 2 is 1.62 bits per heavy atom. The fraction of sp³-hybridized carbons (Fsp3) is 0.379. The highest BCUT2D eigenvalue weighted by atomic mass is 35.5. The van der Waals surface area contributed by atoms with Crippen LogP contribution in [0.4, 0.5) is 0 Å². The molecule has 198 valence electrons. The van der Waals surface area contributed by atoms with Crippen LogP contribution in [0, 0.1) is 0 Å². The van der Waals surface area contributed by atoms with Crippen LogP contribution in [0.15, 0.2) is 78.9 Å². The Balaban J connectivity index is 0.00000320. The van der Waals surface area contributed by atoms with Gasteiger partial charge in [-0.1, -0.05) is 42.5 Å². The maximum absolute atomic E-state index is 10.9. The second kappa shape index (κ2) is 13.1. The van der Waals surface area contributed by atoms with Gasteiger partial charge in [0, 0.05) is 5.56 Å². The van der Waals surface area contributed by atoms with Crippen LogP contribution in [0.2, 0.25) is 0 Å². The summed E-state index contributed by atoms with van der Waals surface area (Å²) >= 11 is 0. The van der Waals surface area contributed by atoms with E-state index in [1.807, 2.05) is 66.7 Å². The molecule has 1 fully saturated rings. The standard InChI is InChI=1S/C29H34NO6.ClH/c31-24(20-33-21-27-22-34-28-11-4-5-12-29(28)36-27)19-30(13-15-32-16-14-30)18-23-7-6-10-26(17-23)35-25-8-2-1-3-9-25;/h1-12,17,24,27,31H,13-16,18-22H2;1H/q+1;/p-1. The number of hydrogen-bond acceptors (Lipinski definition) is 6. The van der Waals surface area contributed by atoms with E-state index >= 15 is 0 Å². The number of fused-ring (bicyclic) bond motifs is 1. The summed E-state index contributed by atoms with van der Waals surface area (Å²) in [4.78, 5) is 0. The smallest absolute Gasteiger partial charge is 0.161 e. The molecule has 0 saturated carbocycles. The monoisotopic (exact) mass is 527 g/mol. The maximum Gasteiger partial charge on any atom is 0.161 e. The highest BCUT2D eigenvalue weighted by molar-refractivity contribution is 5.40. The average molecular weight is 528 g/mol. The third kappa shape index (κ3) is 7.60. The van der Waals surface area contributed by atoms with E-state index in [1.54, 1.807) is 0 Å². The summed E-state index contributed by atoms with van der Waals surface area (Å²) in [7, 11) is 0. The van der Waals surface area contributed by atoms with Gasteiger partial charge in [0.05, 0.1) is 26.4 Å². The SMILES string of the molecule is OC(COCC1COc2ccccc2O1)C[N+]1(Cc2cccc(Oc3ccccc3)c2)CCOCC1.[Cl-]. The summed E-state index contributed by atoms with van der Waals surface area (Å²) < 4.78 is 30.0. The molecule has 3 aromatic carbocycles. The molecule has 0 amide bonds. The Morgan fingerprint density at radius 3 is 2.43 bits per heavy atom. The molecule has 1 saturated heterocycles. The van der Waals surface area contributed by atoms with Crippen LogP contribution in [-0.4, -0.2) is 74.5 Å². The van der Waals surface area contributed by atoms with E-state index in [9.17, 15) is 5.11 Å². The number of rotatable bonds is 10. The van der Waals surface area contributed by atoms with Crippen molar-refractivity contribution in [1.82, 2.24) is 0 Å². The van der Waals surface area contributed by atoms with Gasteiger partial charge in [0.25, 0.3) is 0 Å². The molecule has 0 aromatic heterocycles. The summed E-state index contributed by atoms with van der Waals surface area (Å²) in [6.07, 6.45) is -0.783. The van der Waals surface area contributed by atoms with Crippen molar-refractivity contribution in [2.45, 2.75) is 18.8 Å². The molecule has 0 spiro atoms. The van der Waals surface area contributed by atoms with Crippen molar-refractivity contribution in [1.29, 1.82) is 0 Å². The van der Waals surface area contributed by atoms with Crippen LogP contribution in [0.1, 0.15) is 5.56 Å². The van der Waals surface area contributed by atoms with Crippen molar-refractivity contribution < 1.29 is 45.7 Å². The summed E-state index contributed by atoms with van der Waals surface area (Å²) in [6, 6.07) is 25.6. The third-order valence-corrected chi connectivity index (χ3v) is 6.59. The number of aliphatic hydroxyl groups excluding tert-OH is 1. The molecular formula is C29H34ClNO6. The second-order valence-electron chi connectivity index (χ2n) is 9.49. The van der Waals surface area contributed by atoms with Gasteiger partial charge < -0.3 is 45.7 Å². The van der Waals surface area contributed by atoms with E-state index in [0.717, 1.165) is 47.1 Å². The zero-order valence-corrected chi connectivity index (χ0v) is 21.6. The number of para-hydroxylation sites is 3. The molecule has 0 radical (unpaired) electrons. The molecule has 5 rings (SSSR count). The lowest BCUT2D eigenvalue weighted by atomic mass is 10.1. The maximum atomic E-state index is 10.9. The molecule has 2 unspecified atom stereocenters. The lowest BCUT2D eigenvalue weighted by Gasteiger charge is -2.42. The Kier molecular flexibility index (Phi) is 9.66. The Morgan fingerprint density at radius 1 is 0.892 bits per heavy atom. The van der Waals surface area contributed by atoms with Gasteiger partial charge in [0.15, 0.2) is 17.6 Å². The van der Waals surface area contributed by atoms with Crippen LogP contribution in [0.25, 0.3) is 0 Å². The van der Waals surface area contributed by atoms with Gasteiger partial charge in [-0.3, -0.25) is 0 Å². The van der Waals surface area contributed by atoms with Gasteiger partial charge in [-0.2, -0.15) is 0 Å². The lowest BCUT2D eigenvalue weighted by Crippen LogP contribution is -3.00. The molecule has 2 aliphatic heterocycles.